The van der Waals surface area contributed by atoms with Gasteiger partial charge in [0.1, 0.15) is 0 Å². The summed E-state index contributed by atoms with van der Waals surface area (Å²) in [6, 6.07) is 10.1. The number of nitro benzene ring substituents is 1. The molecule has 1 amide bonds. The second-order valence-electron chi connectivity index (χ2n) is 6.05. The number of primary sulfonamides is 1. The molecule has 0 aliphatic heterocycles. The number of rotatable bonds is 7. The van der Waals surface area contributed by atoms with Gasteiger partial charge in [0.2, 0.25) is 10.0 Å². The number of anilines is 1. The van der Waals surface area contributed by atoms with E-state index in [1.807, 2.05) is 0 Å². The van der Waals surface area contributed by atoms with E-state index in [4.69, 9.17) is 5.14 Å². The Morgan fingerprint density at radius 1 is 1.19 bits per heavy atom. The molecule has 3 N–H and O–H groups in total. The number of sulfonamides is 1. The van der Waals surface area contributed by atoms with Crippen LogP contribution in [0.1, 0.15) is 15.9 Å². The van der Waals surface area contributed by atoms with Gasteiger partial charge >= 0.3 is 0 Å². The number of nitrogens with two attached hydrogens (primary N) is 1. The van der Waals surface area contributed by atoms with E-state index in [0.29, 0.717) is 12.1 Å². The molecule has 0 aliphatic carbocycles. The number of carbonyl (C=O) groups excluding carboxylic acids is 1. The number of nitro groups is 1. The molecule has 0 radical (unpaired) electrons. The lowest BCUT2D eigenvalue weighted by atomic mass is 10.1. The van der Waals surface area contributed by atoms with Crippen molar-refractivity contribution in [3.05, 3.63) is 63.7 Å². The maximum absolute atomic E-state index is 12.5. The molecule has 0 atom stereocenters. The second-order valence-corrected chi connectivity index (χ2v) is 7.61. The van der Waals surface area contributed by atoms with Crippen LogP contribution in [0.4, 0.5) is 11.4 Å². The van der Waals surface area contributed by atoms with E-state index in [2.05, 4.69) is 5.32 Å². The first-order valence-electron chi connectivity index (χ1n) is 7.95. The highest BCUT2D eigenvalue weighted by Crippen LogP contribution is 2.24. The normalized spacial score (nSPS) is 11.1. The Bertz CT molecular complexity index is 956. The largest absolute Gasteiger partial charge is 0.377 e. The Morgan fingerprint density at radius 2 is 1.81 bits per heavy atom. The number of hydrogen-bond donors (Lipinski definition) is 2. The van der Waals surface area contributed by atoms with Gasteiger partial charge in [0.05, 0.1) is 15.4 Å². The Morgan fingerprint density at radius 3 is 2.33 bits per heavy atom. The van der Waals surface area contributed by atoms with Crippen LogP contribution in [0.25, 0.3) is 0 Å². The van der Waals surface area contributed by atoms with Crippen LogP contribution >= 0.6 is 0 Å². The zero-order valence-electron chi connectivity index (χ0n) is 14.9. The van der Waals surface area contributed by atoms with Crippen LogP contribution in [-0.2, 0) is 16.4 Å². The lowest BCUT2D eigenvalue weighted by Crippen LogP contribution is -2.27. The van der Waals surface area contributed by atoms with Crippen molar-refractivity contribution in [3.63, 3.8) is 0 Å². The molecule has 0 aliphatic rings. The summed E-state index contributed by atoms with van der Waals surface area (Å²) in [6.45, 7) is 0.281. The number of benzene rings is 2. The standard InChI is InChI=1S/C17H20N4O5S/c1-20(2)16-8-5-13(21(23)24)11-15(16)17(22)19-10-9-12-3-6-14(7-4-12)27(18,25)26/h3-8,11H,9-10H2,1-2H3,(H,19,22)(H2,18,25,26). The monoisotopic (exact) mass is 392 g/mol. The molecule has 27 heavy (non-hydrogen) atoms. The Balaban J connectivity index is 2.07. The van der Waals surface area contributed by atoms with Crippen LogP contribution in [-0.4, -0.2) is 39.9 Å². The zero-order valence-corrected chi connectivity index (χ0v) is 15.7. The Hall–Kier alpha value is -2.98. The lowest BCUT2D eigenvalue weighted by Gasteiger charge is -2.17. The van der Waals surface area contributed by atoms with Gasteiger partial charge in [-0.2, -0.15) is 0 Å². The van der Waals surface area contributed by atoms with Gasteiger partial charge in [0, 0.05) is 38.5 Å². The van der Waals surface area contributed by atoms with Gasteiger partial charge in [-0.3, -0.25) is 14.9 Å². The van der Waals surface area contributed by atoms with Crippen LogP contribution in [0.2, 0.25) is 0 Å². The molecule has 0 saturated carbocycles. The first-order valence-corrected chi connectivity index (χ1v) is 9.50. The van der Waals surface area contributed by atoms with Crippen molar-refractivity contribution in [2.75, 3.05) is 25.5 Å². The van der Waals surface area contributed by atoms with Crippen molar-refractivity contribution >= 4 is 27.3 Å². The molecule has 0 fully saturated rings. The van der Waals surface area contributed by atoms with Gasteiger partial charge in [-0.1, -0.05) is 12.1 Å². The fourth-order valence-corrected chi connectivity index (χ4v) is 2.99. The summed E-state index contributed by atoms with van der Waals surface area (Å²) >= 11 is 0. The van der Waals surface area contributed by atoms with Gasteiger partial charge < -0.3 is 10.2 Å². The molecule has 10 heteroatoms. The Kier molecular flexibility index (Phi) is 6.13. The van der Waals surface area contributed by atoms with Crippen molar-refractivity contribution in [1.29, 1.82) is 0 Å². The topological polar surface area (TPSA) is 136 Å². The molecule has 2 aromatic carbocycles. The summed E-state index contributed by atoms with van der Waals surface area (Å²) in [7, 11) is -0.261. The van der Waals surface area contributed by atoms with Crippen LogP contribution in [0, 0.1) is 10.1 Å². The molecular formula is C17H20N4O5S. The minimum absolute atomic E-state index is 0.0162. The van der Waals surface area contributed by atoms with Crippen LogP contribution in [0.5, 0.6) is 0 Å². The fraction of sp³-hybridized carbons (Fsp3) is 0.235. The number of non-ortho nitro benzene ring substituents is 1. The average molecular weight is 392 g/mol. The van der Waals surface area contributed by atoms with Gasteiger partial charge in [-0.25, -0.2) is 13.6 Å². The van der Waals surface area contributed by atoms with E-state index in [0.717, 1.165) is 5.56 Å². The SMILES string of the molecule is CN(C)c1ccc([N+](=O)[O-])cc1C(=O)NCCc1ccc(S(N)(=O)=O)cc1. The first-order chi connectivity index (χ1) is 12.6. The van der Waals surface area contributed by atoms with Gasteiger partial charge in [-0.15, -0.1) is 0 Å². The molecule has 2 rings (SSSR count). The van der Waals surface area contributed by atoms with Crippen molar-refractivity contribution in [2.45, 2.75) is 11.3 Å². The maximum Gasteiger partial charge on any atom is 0.270 e. The highest BCUT2D eigenvalue weighted by molar-refractivity contribution is 7.89. The van der Waals surface area contributed by atoms with E-state index in [1.165, 1.54) is 30.3 Å². The average Bonchev–Trinajstić information content (AvgIpc) is 2.60. The fourth-order valence-electron chi connectivity index (χ4n) is 2.47. The third kappa shape index (κ3) is 5.25. The summed E-state index contributed by atoms with van der Waals surface area (Å²) in [6.07, 6.45) is 0.461. The molecular weight excluding hydrogens is 372 g/mol. The van der Waals surface area contributed by atoms with E-state index < -0.39 is 20.9 Å². The minimum atomic E-state index is -3.74. The summed E-state index contributed by atoms with van der Waals surface area (Å²) < 4.78 is 22.5. The molecule has 0 bridgehead atoms. The predicted octanol–water partition coefficient (Wildman–Crippen LogP) is 1.28. The molecule has 0 unspecified atom stereocenters. The zero-order chi connectivity index (χ0) is 20.2. The van der Waals surface area contributed by atoms with E-state index in [-0.39, 0.29) is 22.7 Å². The lowest BCUT2D eigenvalue weighted by molar-refractivity contribution is -0.384. The maximum atomic E-state index is 12.5. The quantitative estimate of drug-likeness (QED) is 0.538. The highest BCUT2D eigenvalue weighted by atomic mass is 32.2. The summed E-state index contributed by atoms with van der Waals surface area (Å²) in [4.78, 5) is 24.6. The first kappa shape index (κ1) is 20.3. The molecule has 0 heterocycles. The number of hydrogen-bond acceptors (Lipinski definition) is 6. The van der Waals surface area contributed by atoms with Crippen molar-refractivity contribution in [1.82, 2.24) is 5.32 Å². The number of amides is 1. The Labute approximate surface area is 157 Å². The van der Waals surface area contributed by atoms with Gasteiger partial charge in [-0.05, 0) is 30.2 Å². The molecule has 9 nitrogen and oxygen atoms in total. The summed E-state index contributed by atoms with van der Waals surface area (Å²) in [5, 5.41) is 18.7. The molecule has 0 spiro atoms. The summed E-state index contributed by atoms with van der Waals surface area (Å²) in [5.41, 5.74) is 1.42. The summed E-state index contributed by atoms with van der Waals surface area (Å²) in [5.74, 6) is -0.427. The van der Waals surface area contributed by atoms with Gasteiger partial charge in [0.25, 0.3) is 11.6 Å². The van der Waals surface area contributed by atoms with Crippen LogP contribution in [0.15, 0.2) is 47.4 Å². The minimum Gasteiger partial charge on any atom is -0.377 e. The van der Waals surface area contributed by atoms with Crippen LogP contribution < -0.4 is 15.4 Å². The number of nitrogens with zero attached hydrogens (tertiary/aromatic N) is 2. The molecule has 0 saturated heterocycles. The predicted molar refractivity (Wildman–Crippen MR) is 101 cm³/mol. The van der Waals surface area contributed by atoms with E-state index in [1.54, 1.807) is 31.1 Å². The highest BCUT2D eigenvalue weighted by Gasteiger charge is 2.17. The second kappa shape index (κ2) is 8.14. The van der Waals surface area contributed by atoms with Gasteiger partial charge in [0.15, 0.2) is 0 Å². The smallest absolute Gasteiger partial charge is 0.270 e. The van der Waals surface area contributed by atoms with Crippen molar-refractivity contribution in [2.24, 2.45) is 5.14 Å². The third-order valence-electron chi connectivity index (χ3n) is 3.87. The number of carbonyl (C=O) groups is 1. The van der Waals surface area contributed by atoms with E-state index >= 15 is 0 Å². The molecule has 144 valence electrons. The van der Waals surface area contributed by atoms with Crippen molar-refractivity contribution < 1.29 is 18.1 Å². The van der Waals surface area contributed by atoms with E-state index in [9.17, 15) is 23.3 Å². The van der Waals surface area contributed by atoms with Crippen LogP contribution in [0.3, 0.4) is 0 Å². The molecule has 2 aromatic rings. The number of nitrogens with one attached hydrogen (secondary N) is 1. The third-order valence-corrected chi connectivity index (χ3v) is 4.80. The molecule has 0 aromatic heterocycles. The van der Waals surface area contributed by atoms with Crippen molar-refractivity contribution in [3.8, 4) is 0 Å².